The highest BCUT2D eigenvalue weighted by atomic mass is 79.9. The first-order valence-electron chi connectivity index (χ1n) is 6.93. The van der Waals surface area contributed by atoms with E-state index in [0.29, 0.717) is 5.92 Å². The maximum absolute atomic E-state index is 5.97. The van der Waals surface area contributed by atoms with E-state index in [9.17, 15) is 0 Å². The third-order valence-corrected chi connectivity index (χ3v) is 4.14. The van der Waals surface area contributed by atoms with Crippen molar-refractivity contribution in [3.63, 3.8) is 0 Å². The predicted octanol–water partition coefficient (Wildman–Crippen LogP) is 3.14. The monoisotopic (exact) mass is 327 g/mol. The van der Waals surface area contributed by atoms with Gasteiger partial charge in [0, 0.05) is 18.6 Å². The fraction of sp³-hybridized carbons (Fsp3) is 0.600. The van der Waals surface area contributed by atoms with E-state index in [1.165, 1.54) is 5.56 Å². The Morgan fingerprint density at radius 3 is 3.00 bits per heavy atom. The zero-order chi connectivity index (χ0) is 13.7. The summed E-state index contributed by atoms with van der Waals surface area (Å²) in [7, 11) is 0. The molecule has 0 saturated carbocycles. The van der Waals surface area contributed by atoms with Crippen LogP contribution in [0.1, 0.15) is 25.3 Å². The Balaban J connectivity index is 1.90. The molecule has 0 amide bonds. The quantitative estimate of drug-likeness (QED) is 0.872. The van der Waals surface area contributed by atoms with Crippen molar-refractivity contribution in [3.8, 4) is 5.75 Å². The topological polar surface area (TPSA) is 44.5 Å². The standard InChI is InChI=1S/C15H22BrNO2/c1-2-13(17)7-11-3-4-15(14(16)8-11)19-10-12-5-6-18-9-12/h3-4,8,12-13H,2,5-7,9-10,17H2,1H3. The highest BCUT2D eigenvalue weighted by molar-refractivity contribution is 9.10. The first kappa shape index (κ1) is 14.8. The average molecular weight is 328 g/mol. The molecule has 0 radical (unpaired) electrons. The fourth-order valence-electron chi connectivity index (χ4n) is 2.16. The minimum absolute atomic E-state index is 0.231. The molecule has 4 heteroatoms. The van der Waals surface area contributed by atoms with Crippen LogP contribution in [-0.2, 0) is 11.2 Å². The molecule has 2 rings (SSSR count). The van der Waals surface area contributed by atoms with Crippen LogP contribution < -0.4 is 10.5 Å². The summed E-state index contributed by atoms with van der Waals surface area (Å²) in [5, 5.41) is 0. The number of hydrogen-bond donors (Lipinski definition) is 1. The van der Waals surface area contributed by atoms with E-state index in [1.807, 2.05) is 6.07 Å². The Kier molecular flexibility index (Phi) is 5.67. The van der Waals surface area contributed by atoms with E-state index >= 15 is 0 Å². The molecule has 2 N–H and O–H groups in total. The Bertz CT molecular complexity index is 405. The summed E-state index contributed by atoms with van der Waals surface area (Å²) in [6, 6.07) is 6.46. The molecular formula is C15H22BrNO2. The van der Waals surface area contributed by atoms with Gasteiger partial charge in [-0.15, -0.1) is 0 Å². The van der Waals surface area contributed by atoms with Gasteiger partial charge in [0.1, 0.15) is 5.75 Å². The van der Waals surface area contributed by atoms with Crippen molar-refractivity contribution in [2.75, 3.05) is 19.8 Å². The number of benzene rings is 1. The Labute approximate surface area is 123 Å². The molecule has 1 aliphatic rings. The van der Waals surface area contributed by atoms with Gasteiger partial charge in [0.25, 0.3) is 0 Å². The maximum Gasteiger partial charge on any atom is 0.133 e. The summed E-state index contributed by atoms with van der Waals surface area (Å²) in [6.07, 6.45) is 3.00. The smallest absolute Gasteiger partial charge is 0.133 e. The second-order valence-electron chi connectivity index (χ2n) is 5.18. The van der Waals surface area contributed by atoms with Gasteiger partial charge in [0.05, 0.1) is 17.7 Å². The van der Waals surface area contributed by atoms with Crippen LogP contribution in [0.15, 0.2) is 22.7 Å². The molecule has 0 bridgehead atoms. The van der Waals surface area contributed by atoms with Gasteiger partial charge in [-0.05, 0) is 52.9 Å². The van der Waals surface area contributed by atoms with Gasteiger partial charge in [-0.25, -0.2) is 0 Å². The molecule has 1 aromatic carbocycles. The van der Waals surface area contributed by atoms with Crippen LogP contribution in [0.4, 0.5) is 0 Å². The number of halogens is 1. The number of hydrogen-bond acceptors (Lipinski definition) is 3. The molecule has 1 heterocycles. The van der Waals surface area contributed by atoms with Crippen LogP contribution in [0, 0.1) is 5.92 Å². The zero-order valence-electron chi connectivity index (χ0n) is 11.4. The van der Waals surface area contributed by atoms with Gasteiger partial charge in [0.15, 0.2) is 0 Å². The first-order valence-corrected chi connectivity index (χ1v) is 7.73. The summed E-state index contributed by atoms with van der Waals surface area (Å²) in [6.45, 7) is 4.53. The van der Waals surface area contributed by atoms with Crippen molar-refractivity contribution in [2.45, 2.75) is 32.2 Å². The van der Waals surface area contributed by atoms with Gasteiger partial charge in [-0.1, -0.05) is 13.0 Å². The molecule has 0 spiro atoms. The summed E-state index contributed by atoms with van der Waals surface area (Å²) in [5.74, 6) is 1.43. The van der Waals surface area contributed by atoms with E-state index in [1.54, 1.807) is 0 Å². The summed E-state index contributed by atoms with van der Waals surface area (Å²) in [5.41, 5.74) is 7.22. The molecule has 0 aliphatic carbocycles. The third kappa shape index (κ3) is 4.48. The molecule has 1 saturated heterocycles. The fourth-order valence-corrected chi connectivity index (χ4v) is 2.70. The number of rotatable bonds is 6. The second kappa shape index (κ2) is 7.27. The normalized spacial score (nSPS) is 20.5. The molecule has 3 nitrogen and oxygen atoms in total. The zero-order valence-corrected chi connectivity index (χ0v) is 13.0. The van der Waals surface area contributed by atoms with Crippen LogP contribution in [0.2, 0.25) is 0 Å². The van der Waals surface area contributed by atoms with Crippen LogP contribution in [-0.4, -0.2) is 25.9 Å². The van der Waals surface area contributed by atoms with E-state index in [4.69, 9.17) is 15.2 Å². The lowest BCUT2D eigenvalue weighted by atomic mass is 10.0. The largest absolute Gasteiger partial charge is 0.492 e. The van der Waals surface area contributed by atoms with Crippen molar-refractivity contribution in [1.82, 2.24) is 0 Å². The van der Waals surface area contributed by atoms with Crippen molar-refractivity contribution in [2.24, 2.45) is 11.7 Å². The lowest BCUT2D eigenvalue weighted by Crippen LogP contribution is -2.21. The molecule has 2 atom stereocenters. The number of ether oxygens (including phenoxy) is 2. The lowest BCUT2D eigenvalue weighted by molar-refractivity contribution is 0.167. The lowest BCUT2D eigenvalue weighted by Gasteiger charge is -2.14. The van der Waals surface area contributed by atoms with E-state index in [2.05, 4.69) is 35.0 Å². The molecule has 1 aromatic rings. The van der Waals surface area contributed by atoms with Crippen molar-refractivity contribution >= 4 is 15.9 Å². The molecule has 1 aliphatic heterocycles. The molecule has 0 aromatic heterocycles. The van der Waals surface area contributed by atoms with Gasteiger partial charge >= 0.3 is 0 Å². The van der Waals surface area contributed by atoms with E-state index in [-0.39, 0.29) is 6.04 Å². The Morgan fingerprint density at radius 2 is 2.37 bits per heavy atom. The third-order valence-electron chi connectivity index (χ3n) is 3.52. The molecular weight excluding hydrogens is 306 g/mol. The van der Waals surface area contributed by atoms with Crippen molar-refractivity contribution in [1.29, 1.82) is 0 Å². The number of nitrogens with two attached hydrogens (primary N) is 1. The molecule has 2 unspecified atom stereocenters. The Morgan fingerprint density at radius 1 is 1.53 bits per heavy atom. The van der Waals surface area contributed by atoms with Crippen molar-refractivity contribution < 1.29 is 9.47 Å². The highest BCUT2D eigenvalue weighted by Gasteiger charge is 2.16. The Hall–Kier alpha value is -0.580. The SMILES string of the molecule is CCC(N)Cc1ccc(OCC2CCOC2)c(Br)c1. The van der Waals surface area contributed by atoms with E-state index < -0.39 is 0 Å². The van der Waals surface area contributed by atoms with Crippen LogP contribution in [0.5, 0.6) is 5.75 Å². The maximum atomic E-state index is 5.97. The molecule has 19 heavy (non-hydrogen) atoms. The summed E-state index contributed by atoms with van der Waals surface area (Å²) >= 11 is 3.57. The average Bonchev–Trinajstić information content (AvgIpc) is 2.91. The predicted molar refractivity (Wildman–Crippen MR) is 80.5 cm³/mol. The summed E-state index contributed by atoms with van der Waals surface area (Å²) < 4.78 is 12.2. The minimum Gasteiger partial charge on any atom is -0.492 e. The van der Waals surface area contributed by atoms with Crippen LogP contribution >= 0.6 is 15.9 Å². The highest BCUT2D eigenvalue weighted by Crippen LogP contribution is 2.27. The van der Waals surface area contributed by atoms with Crippen molar-refractivity contribution in [3.05, 3.63) is 28.2 Å². The minimum atomic E-state index is 0.231. The van der Waals surface area contributed by atoms with Gasteiger partial charge in [-0.2, -0.15) is 0 Å². The van der Waals surface area contributed by atoms with Crippen LogP contribution in [0.25, 0.3) is 0 Å². The first-order chi connectivity index (χ1) is 9.19. The molecule has 1 fully saturated rings. The molecule has 106 valence electrons. The van der Waals surface area contributed by atoms with Gasteiger partial charge in [0.2, 0.25) is 0 Å². The second-order valence-corrected chi connectivity index (χ2v) is 6.03. The van der Waals surface area contributed by atoms with Crippen LogP contribution in [0.3, 0.4) is 0 Å². The van der Waals surface area contributed by atoms with Gasteiger partial charge in [-0.3, -0.25) is 0 Å². The van der Waals surface area contributed by atoms with E-state index in [0.717, 1.165) is 49.3 Å². The summed E-state index contributed by atoms with van der Waals surface area (Å²) in [4.78, 5) is 0. The van der Waals surface area contributed by atoms with Gasteiger partial charge < -0.3 is 15.2 Å².